The number of nitrogens with two attached hydrogens (primary N) is 1. The molecule has 0 radical (unpaired) electrons. The predicted octanol–water partition coefficient (Wildman–Crippen LogP) is 2.02. The normalized spacial score (nSPS) is 10.2. The summed E-state index contributed by atoms with van der Waals surface area (Å²) in [5.74, 6) is -3.12. The highest BCUT2D eigenvalue weighted by Gasteiger charge is 2.16. The number of primary amides is 1. The van der Waals surface area contributed by atoms with Gasteiger partial charge in [-0.15, -0.1) is 0 Å². The van der Waals surface area contributed by atoms with Crippen molar-refractivity contribution in [1.82, 2.24) is 4.98 Å². The summed E-state index contributed by atoms with van der Waals surface area (Å²) in [5, 5.41) is 2.35. The summed E-state index contributed by atoms with van der Waals surface area (Å²) in [4.78, 5) is 26.6. The number of rotatable bonds is 3. The summed E-state index contributed by atoms with van der Waals surface area (Å²) in [7, 11) is 0. The van der Waals surface area contributed by atoms with Crippen LogP contribution in [0.5, 0.6) is 0 Å². The maximum Gasteiger partial charge on any atom is 0.258 e. The summed E-state index contributed by atoms with van der Waals surface area (Å²) in [6.45, 7) is 1.42. The molecule has 0 spiro atoms. The molecular weight excluding hydrogens is 280 g/mol. The number of hydrogen-bond donors (Lipinski definition) is 2. The van der Waals surface area contributed by atoms with Crippen molar-refractivity contribution < 1.29 is 18.4 Å². The summed E-state index contributed by atoms with van der Waals surface area (Å²) < 4.78 is 27.1. The second-order valence-electron chi connectivity index (χ2n) is 4.30. The van der Waals surface area contributed by atoms with Crippen LogP contribution in [0.2, 0.25) is 0 Å². The molecule has 108 valence electrons. The lowest BCUT2D eigenvalue weighted by Crippen LogP contribution is -2.17. The van der Waals surface area contributed by atoms with Crippen molar-refractivity contribution >= 4 is 17.5 Å². The molecule has 5 nitrogen and oxygen atoms in total. The summed E-state index contributed by atoms with van der Waals surface area (Å²) in [5.41, 5.74) is 4.91. The van der Waals surface area contributed by atoms with E-state index in [0.29, 0.717) is 0 Å². The third-order valence-electron chi connectivity index (χ3n) is 2.89. The van der Waals surface area contributed by atoms with Crippen LogP contribution < -0.4 is 11.1 Å². The molecule has 1 aromatic carbocycles. The van der Waals surface area contributed by atoms with Crippen LogP contribution in [0.15, 0.2) is 30.6 Å². The lowest BCUT2D eigenvalue weighted by atomic mass is 10.1. The quantitative estimate of drug-likeness (QED) is 0.907. The average molecular weight is 291 g/mol. The molecule has 0 saturated carbocycles. The van der Waals surface area contributed by atoms with E-state index in [1.165, 1.54) is 25.3 Å². The van der Waals surface area contributed by atoms with Gasteiger partial charge in [-0.3, -0.25) is 14.6 Å². The molecule has 0 aliphatic carbocycles. The number of nitrogens with zero attached hydrogens (tertiary/aromatic N) is 1. The van der Waals surface area contributed by atoms with E-state index < -0.39 is 23.4 Å². The van der Waals surface area contributed by atoms with Crippen LogP contribution in [0, 0.1) is 18.6 Å². The molecule has 1 aromatic heterocycles. The first-order chi connectivity index (χ1) is 9.90. The molecule has 0 fully saturated rings. The van der Waals surface area contributed by atoms with Crippen molar-refractivity contribution in [3.63, 3.8) is 0 Å². The fraction of sp³-hybridized carbons (Fsp3) is 0.0714. The molecule has 3 N–H and O–H groups in total. The van der Waals surface area contributed by atoms with Crippen LogP contribution in [-0.4, -0.2) is 16.8 Å². The van der Waals surface area contributed by atoms with Gasteiger partial charge < -0.3 is 11.1 Å². The van der Waals surface area contributed by atoms with Gasteiger partial charge in [0, 0.05) is 23.0 Å². The van der Waals surface area contributed by atoms with Gasteiger partial charge in [-0.2, -0.15) is 0 Å². The summed E-state index contributed by atoms with van der Waals surface area (Å²) >= 11 is 0. The highest BCUT2D eigenvalue weighted by atomic mass is 19.1. The van der Waals surface area contributed by atoms with Crippen LogP contribution in [0.25, 0.3) is 0 Å². The monoisotopic (exact) mass is 291 g/mol. The Labute approximate surface area is 118 Å². The first-order valence-corrected chi connectivity index (χ1v) is 5.91. The number of carbonyl (C=O) groups excluding carboxylic acids is 2. The van der Waals surface area contributed by atoms with Gasteiger partial charge in [0.25, 0.3) is 5.91 Å². The van der Waals surface area contributed by atoms with E-state index in [9.17, 15) is 18.4 Å². The standard InChI is InChI=1S/C14H11F2N3O2/c1-7-10(15)4-8(13(17)20)5-12(7)19-14(21)9-2-3-18-6-11(9)16/h2-6H,1H3,(H2,17,20)(H,19,21). The molecule has 0 unspecified atom stereocenters. The van der Waals surface area contributed by atoms with Gasteiger partial charge in [0.05, 0.1) is 11.8 Å². The molecular formula is C14H11F2N3O2. The van der Waals surface area contributed by atoms with Crippen LogP contribution in [0.1, 0.15) is 26.3 Å². The SMILES string of the molecule is Cc1c(F)cc(C(N)=O)cc1NC(=O)c1ccncc1F. The van der Waals surface area contributed by atoms with E-state index in [0.717, 1.165) is 12.3 Å². The van der Waals surface area contributed by atoms with Crippen molar-refractivity contribution in [2.45, 2.75) is 6.92 Å². The molecule has 0 aliphatic heterocycles. The maximum absolute atomic E-state index is 13.7. The second kappa shape index (κ2) is 5.66. The Kier molecular flexibility index (Phi) is 3.93. The number of halogens is 2. The molecule has 0 bridgehead atoms. The molecule has 7 heteroatoms. The minimum Gasteiger partial charge on any atom is -0.366 e. The molecule has 2 aromatic rings. The molecule has 0 aliphatic rings. The summed E-state index contributed by atoms with van der Waals surface area (Å²) in [6.07, 6.45) is 2.15. The van der Waals surface area contributed by atoms with Crippen molar-refractivity contribution in [3.05, 3.63) is 58.9 Å². The Morgan fingerprint density at radius 2 is 1.95 bits per heavy atom. The Hall–Kier alpha value is -2.83. The zero-order chi connectivity index (χ0) is 15.6. The number of aromatic nitrogens is 1. The topological polar surface area (TPSA) is 85.1 Å². The zero-order valence-corrected chi connectivity index (χ0v) is 11.0. The third kappa shape index (κ3) is 3.02. The van der Waals surface area contributed by atoms with Crippen LogP contribution >= 0.6 is 0 Å². The number of anilines is 1. The first kappa shape index (κ1) is 14.6. The van der Waals surface area contributed by atoms with Gasteiger partial charge in [-0.25, -0.2) is 8.78 Å². The lowest BCUT2D eigenvalue weighted by molar-refractivity contribution is 0.0995. The van der Waals surface area contributed by atoms with Gasteiger partial charge >= 0.3 is 0 Å². The first-order valence-electron chi connectivity index (χ1n) is 5.91. The Bertz CT molecular complexity index is 732. The Balaban J connectivity index is 2.38. The van der Waals surface area contributed by atoms with E-state index in [1.807, 2.05) is 0 Å². The van der Waals surface area contributed by atoms with Crippen LogP contribution in [0.3, 0.4) is 0 Å². The van der Waals surface area contributed by atoms with Crippen molar-refractivity contribution in [3.8, 4) is 0 Å². The van der Waals surface area contributed by atoms with Gasteiger partial charge in [0.1, 0.15) is 5.82 Å². The smallest absolute Gasteiger partial charge is 0.258 e. The van der Waals surface area contributed by atoms with Gasteiger partial charge in [-0.1, -0.05) is 0 Å². The number of benzene rings is 1. The highest BCUT2D eigenvalue weighted by molar-refractivity contribution is 6.05. The predicted molar refractivity (Wildman–Crippen MR) is 71.8 cm³/mol. The largest absolute Gasteiger partial charge is 0.366 e. The van der Waals surface area contributed by atoms with E-state index in [4.69, 9.17) is 5.73 Å². The van der Waals surface area contributed by atoms with Crippen molar-refractivity contribution in [2.24, 2.45) is 5.73 Å². The number of carbonyl (C=O) groups is 2. The highest BCUT2D eigenvalue weighted by Crippen LogP contribution is 2.21. The summed E-state index contributed by atoms with van der Waals surface area (Å²) in [6, 6.07) is 3.40. The average Bonchev–Trinajstić information content (AvgIpc) is 2.43. The number of nitrogens with one attached hydrogen (secondary N) is 1. The third-order valence-corrected chi connectivity index (χ3v) is 2.89. The van der Waals surface area contributed by atoms with Crippen LogP contribution in [-0.2, 0) is 0 Å². The fourth-order valence-corrected chi connectivity index (χ4v) is 1.70. The zero-order valence-electron chi connectivity index (χ0n) is 11.0. The van der Waals surface area contributed by atoms with E-state index in [-0.39, 0.29) is 22.4 Å². The molecule has 2 rings (SSSR count). The minimum absolute atomic E-state index is 0.0463. The molecule has 0 saturated heterocycles. The van der Waals surface area contributed by atoms with E-state index in [2.05, 4.69) is 10.3 Å². The molecule has 1 heterocycles. The molecule has 21 heavy (non-hydrogen) atoms. The van der Waals surface area contributed by atoms with Gasteiger partial charge in [0.15, 0.2) is 5.82 Å². The maximum atomic E-state index is 13.7. The van der Waals surface area contributed by atoms with E-state index in [1.54, 1.807) is 0 Å². The molecule has 0 atom stereocenters. The van der Waals surface area contributed by atoms with Gasteiger partial charge in [0.2, 0.25) is 5.91 Å². The molecule has 2 amide bonds. The Morgan fingerprint density at radius 1 is 1.24 bits per heavy atom. The number of pyridine rings is 1. The second-order valence-corrected chi connectivity index (χ2v) is 4.30. The minimum atomic E-state index is -0.834. The van der Waals surface area contributed by atoms with Crippen LogP contribution in [0.4, 0.5) is 14.5 Å². The fourth-order valence-electron chi connectivity index (χ4n) is 1.70. The Morgan fingerprint density at radius 3 is 2.57 bits per heavy atom. The van der Waals surface area contributed by atoms with E-state index >= 15 is 0 Å². The van der Waals surface area contributed by atoms with Crippen molar-refractivity contribution in [2.75, 3.05) is 5.32 Å². The number of hydrogen-bond acceptors (Lipinski definition) is 3. The number of amides is 2. The lowest BCUT2D eigenvalue weighted by Gasteiger charge is -2.11. The van der Waals surface area contributed by atoms with Gasteiger partial charge in [-0.05, 0) is 25.1 Å². The van der Waals surface area contributed by atoms with Crippen molar-refractivity contribution in [1.29, 1.82) is 0 Å².